The number of ether oxygens (including phenoxy) is 2. The summed E-state index contributed by atoms with van der Waals surface area (Å²) >= 11 is 10.1. The van der Waals surface area contributed by atoms with Crippen LogP contribution in [0.25, 0.3) is 6.08 Å². The van der Waals surface area contributed by atoms with E-state index in [1.807, 2.05) is 12.1 Å². The van der Waals surface area contributed by atoms with Gasteiger partial charge in [-0.1, -0.05) is 29.8 Å². The molecule has 1 aliphatic rings. The normalized spacial score (nSPS) is 15.1. The zero-order valence-corrected chi connectivity index (χ0v) is 19.9. The predicted octanol–water partition coefficient (Wildman–Crippen LogP) is 5.67. The number of esters is 1. The Balaban J connectivity index is 1.67. The van der Waals surface area contributed by atoms with E-state index in [1.54, 1.807) is 50.3 Å². The molecule has 162 valence electrons. The van der Waals surface area contributed by atoms with E-state index in [-0.39, 0.29) is 11.0 Å². The molecule has 0 unspecified atom stereocenters. The molecule has 0 aromatic heterocycles. The second-order valence-electron chi connectivity index (χ2n) is 6.91. The van der Waals surface area contributed by atoms with Gasteiger partial charge in [0.15, 0.2) is 0 Å². The molecule has 2 amide bonds. The van der Waals surface area contributed by atoms with Crippen molar-refractivity contribution in [2.75, 3.05) is 6.54 Å². The quantitative estimate of drug-likeness (QED) is 0.343. The number of hydrogen-bond donors (Lipinski definition) is 0. The van der Waals surface area contributed by atoms with Crippen LogP contribution in [0.3, 0.4) is 0 Å². The predicted molar refractivity (Wildman–Crippen MR) is 124 cm³/mol. The molecule has 0 radical (unpaired) electrons. The van der Waals surface area contributed by atoms with Crippen LogP contribution < -0.4 is 4.74 Å². The van der Waals surface area contributed by atoms with Crippen molar-refractivity contribution >= 4 is 62.5 Å². The maximum atomic E-state index is 12.5. The number of amides is 2. The first kappa shape index (κ1) is 23.4. The summed E-state index contributed by atoms with van der Waals surface area (Å²) in [4.78, 5) is 37.6. The average molecular weight is 525 g/mol. The lowest BCUT2D eigenvalue weighted by Gasteiger charge is -2.13. The van der Waals surface area contributed by atoms with Crippen molar-refractivity contribution in [2.45, 2.75) is 26.6 Å². The van der Waals surface area contributed by atoms with Gasteiger partial charge < -0.3 is 9.47 Å². The van der Waals surface area contributed by atoms with E-state index in [0.717, 1.165) is 22.2 Å². The molecular weight excluding hydrogens is 506 g/mol. The largest absolute Gasteiger partial charge is 0.488 e. The minimum atomic E-state index is -0.622. The summed E-state index contributed by atoms with van der Waals surface area (Å²) in [5.41, 5.74) is 1.69. The molecule has 1 aliphatic heterocycles. The summed E-state index contributed by atoms with van der Waals surface area (Å²) in [5, 5.41) is 0.162. The SMILES string of the molecule is CC(C)OC(=O)CN1C(=O)S/C(=C/c2ccc(OCc3ccc(Cl)cc3)c(Br)c2)C1=O. The third-order valence-corrected chi connectivity index (χ3v) is 5.87. The molecule has 0 bridgehead atoms. The van der Waals surface area contributed by atoms with Crippen LogP contribution in [0.4, 0.5) is 4.79 Å². The Kier molecular flexibility index (Phi) is 7.80. The Labute approximate surface area is 197 Å². The van der Waals surface area contributed by atoms with Gasteiger partial charge in [0.2, 0.25) is 0 Å². The molecule has 2 aromatic carbocycles. The Morgan fingerprint density at radius 1 is 1.19 bits per heavy atom. The van der Waals surface area contributed by atoms with E-state index in [4.69, 9.17) is 21.1 Å². The Morgan fingerprint density at radius 2 is 1.90 bits per heavy atom. The van der Waals surface area contributed by atoms with E-state index in [0.29, 0.717) is 27.4 Å². The first-order chi connectivity index (χ1) is 14.7. The van der Waals surface area contributed by atoms with Gasteiger partial charge in [0.05, 0.1) is 15.5 Å². The van der Waals surface area contributed by atoms with Gasteiger partial charge in [-0.05, 0) is 83.0 Å². The number of carbonyl (C=O) groups is 3. The Hall–Kier alpha value is -2.29. The van der Waals surface area contributed by atoms with Gasteiger partial charge in [0, 0.05) is 5.02 Å². The molecule has 0 saturated carbocycles. The second kappa shape index (κ2) is 10.3. The van der Waals surface area contributed by atoms with Gasteiger partial charge in [0.1, 0.15) is 18.9 Å². The van der Waals surface area contributed by atoms with Crippen molar-refractivity contribution in [1.82, 2.24) is 4.90 Å². The van der Waals surface area contributed by atoms with Crippen LogP contribution >= 0.6 is 39.3 Å². The lowest BCUT2D eigenvalue weighted by molar-refractivity contribution is -0.149. The van der Waals surface area contributed by atoms with Gasteiger partial charge in [-0.15, -0.1) is 0 Å². The van der Waals surface area contributed by atoms with Crippen molar-refractivity contribution in [1.29, 1.82) is 0 Å². The number of hydrogen-bond acceptors (Lipinski definition) is 6. The fourth-order valence-electron chi connectivity index (χ4n) is 2.68. The first-order valence-electron chi connectivity index (χ1n) is 9.34. The van der Waals surface area contributed by atoms with Gasteiger partial charge in [0.25, 0.3) is 11.1 Å². The second-order valence-corrected chi connectivity index (χ2v) is 9.20. The fourth-order valence-corrected chi connectivity index (χ4v) is 4.16. The molecular formula is C22H19BrClNO5S. The number of imide groups is 1. The lowest BCUT2D eigenvalue weighted by Crippen LogP contribution is -2.35. The zero-order valence-electron chi connectivity index (χ0n) is 16.8. The maximum absolute atomic E-state index is 12.5. The molecule has 0 N–H and O–H groups in total. The van der Waals surface area contributed by atoms with Crippen LogP contribution in [0.1, 0.15) is 25.0 Å². The van der Waals surface area contributed by atoms with E-state index in [2.05, 4.69) is 15.9 Å². The molecule has 1 fully saturated rings. The molecule has 6 nitrogen and oxygen atoms in total. The summed E-state index contributed by atoms with van der Waals surface area (Å²) < 4.78 is 11.5. The number of thioether (sulfide) groups is 1. The average Bonchev–Trinajstić information content (AvgIpc) is 2.95. The molecule has 31 heavy (non-hydrogen) atoms. The molecule has 3 rings (SSSR count). The Morgan fingerprint density at radius 3 is 2.55 bits per heavy atom. The molecule has 0 aliphatic carbocycles. The molecule has 0 spiro atoms. The summed E-state index contributed by atoms with van der Waals surface area (Å²) in [7, 11) is 0. The van der Waals surface area contributed by atoms with Crippen LogP contribution in [-0.4, -0.2) is 34.7 Å². The lowest BCUT2D eigenvalue weighted by atomic mass is 10.2. The molecule has 1 saturated heterocycles. The van der Waals surface area contributed by atoms with Crippen molar-refractivity contribution in [3.8, 4) is 5.75 Å². The van der Waals surface area contributed by atoms with Crippen LogP contribution in [0.15, 0.2) is 51.8 Å². The molecule has 0 atom stereocenters. The first-order valence-corrected chi connectivity index (χ1v) is 11.3. The highest BCUT2D eigenvalue weighted by Gasteiger charge is 2.36. The van der Waals surface area contributed by atoms with E-state index >= 15 is 0 Å². The standard InChI is InChI=1S/C22H19BrClNO5S/c1-13(2)30-20(26)11-25-21(27)19(31-22(25)28)10-15-5-8-18(17(23)9-15)29-12-14-3-6-16(24)7-4-14/h3-10,13H,11-12H2,1-2H3/b19-10+. The number of halogens is 2. The van der Waals surface area contributed by atoms with E-state index in [1.165, 1.54) is 0 Å². The summed E-state index contributed by atoms with van der Waals surface area (Å²) in [6.45, 7) is 3.38. The van der Waals surface area contributed by atoms with Gasteiger partial charge in [-0.2, -0.15) is 0 Å². The highest BCUT2D eigenvalue weighted by molar-refractivity contribution is 9.10. The van der Waals surface area contributed by atoms with Crippen molar-refractivity contribution in [2.24, 2.45) is 0 Å². The molecule has 9 heteroatoms. The number of rotatable bonds is 7. The van der Waals surface area contributed by atoms with Gasteiger partial charge >= 0.3 is 5.97 Å². The summed E-state index contributed by atoms with van der Waals surface area (Å²) in [6, 6.07) is 12.7. The van der Waals surface area contributed by atoms with E-state index < -0.39 is 23.7 Å². The fraction of sp³-hybridized carbons (Fsp3) is 0.227. The van der Waals surface area contributed by atoms with Gasteiger partial charge in [-0.25, -0.2) is 0 Å². The maximum Gasteiger partial charge on any atom is 0.326 e. The highest BCUT2D eigenvalue weighted by Crippen LogP contribution is 2.34. The smallest absolute Gasteiger partial charge is 0.326 e. The number of benzene rings is 2. The summed E-state index contributed by atoms with van der Waals surface area (Å²) in [6.07, 6.45) is 1.28. The molecule has 1 heterocycles. The topological polar surface area (TPSA) is 72.9 Å². The van der Waals surface area contributed by atoms with Crippen molar-refractivity contribution in [3.63, 3.8) is 0 Å². The third-order valence-electron chi connectivity index (χ3n) is 4.09. The van der Waals surface area contributed by atoms with Crippen LogP contribution in [0, 0.1) is 0 Å². The van der Waals surface area contributed by atoms with Crippen LogP contribution in [0.5, 0.6) is 5.75 Å². The van der Waals surface area contributed by atoms with Crippen LogP contribution in [0.2, 0.25) is 5.02 Å². The van der Waals surface area contributed by atoms with E-state index in [9.17, 15) is 14.4 Å². The summed E-state index contributed by atoms with van der Waals surface area (Å²) in [5.74, 6) is -0.505. The van der Waals surface area contributed by atoms with Crippen molar-refractivity contribution < 1.29 is 23.9 Å². The van der Waals surface area contributed by atoms with Crippen molar-refractivity contribution in [3.05, 3.63) is 68.0 Å². The Bertz CT molecular complexity index is 1040. The highest BCUT2D eigenvalue weighted by atomic mass is 79.9. The minimum Gasteiger partial charge on any atom is -0.488 e. The number of nitrogens with zero attached hydrogens (tertiary/aromatic N) is 1. The number of carbonyl (C=O) groups excluding carboxylic acids is 3. The monoisotopic (exact) mass is 523 g/mol. The van der Waals surface area contributed by atoms with Gasteiger partial charge in [-0.3, -0.25) is 19.3 Å². The van der Waals surface area contributed by atoms with Crippen LogP contribution in [-0.2, 0) is 20.9 Å². The minimum absolute atomic E-state index is 0.240. The zero-order chi connectivity index (χ0) is 22.5. The third kappa shape index (κ3) is 6.35. The molecule has 2 aromatic rings.